The van der Waals surface area contributed by atoms with E-state index in [1.807, 2.05) is 37.3 Å². The summed E-state index contributed by atoms with van der Waals surface area (Å²) in [4.78, 5) is 25.4. The molecular weight excluding hydrogens is 440 g/mol. The van der Waals surface area contributed by atoms with E-state index in [9.17, 15) is 9.59 Å². The molecule has 0 saturated heterocycles. The molecule has 0 bridgehead atoms. The smallest absolute Gasteiger partial charge is 0.277 e. The lowest BCUT2D eigenvalue weighted by atomic mass is 10.1. The van der Waals surface area contributed by atoms with E-state index in [-0.39, 0.29) is 28.8 Å². The van der Waals surface area contributed by atoms with Gasteiger partial charge in [0.1, 0.15) is 5.76 Å². The van der Waals surface area contributed by atoms with Gasteiger partial charge in [-0.3, -0.25) is 9.59 Å². The molecule has 2 aromatic heterocycles. The van der Waals surface area contributed by atoms with Gasteiger partial charge in [-0.1, -0.05) is 54.2 Å². The minimum atomic E-state index is -0.296. The molecular formula is C24H22N4O4S. The summed E-state index contributed by atoms with van der Waals surface area (Å²) in [6.07, 6.45) is 1.54. The summed E-state index contributed by atoms with van der Waals surface area (Å²) in [5.41, 5.74) is 2.52. The molecule has 0 spiro atoms. The Bertz CT molecular complexity index is 1250. The summed E-state index contributed by atoms with van der Waals surface area (Å²) < 4.78 is 10.8. The van der Waals surface area contributed by atoms with Gasteiger partial charge in [0, 0.05) is 0 Å². The number of aryl methyl sites for hydroxylation is 1. The summed E-state index contributed by atoms with van der Waals surface area (Å²) in [6, 6.07) is 18.1. The van der Waals surface area contributed by atoms with Crippen LogP contribution in [0.2, 0.25) is 0 Å². The van der Waals surface area contributed by atoms with Crippen LogP contribution in [0.4, 0.5) is 5.69 Å². The summed E-state index contributed by atoms with van der Waals surface area (Å²) in [5, 5.41) is 14.0. The maximum absolute atomic E-state index is 12.8. The molecule has 9 heteroatoms. The molecule has 8 nitrogen and oxygen atoms in total. The largest absolute Gasteiger partial charge is 0.469 e. The highest BCUT2D eigenvalue weighted by molar-refractivity contribution is 7.99. The number of aromatic nitrogens is 2. The van der Waals surface area contributed by atoms with Gasteiger partial charge in [0.05, 0.1) is 34.9 Å². The van der Waals surface area contributed by atoms with E-state index >= 15 is 0 Å². The van der Waals surface area contributed by atoms with E-state index in [4.69, 9.17) is 8.83 Å². The molecule has 0 radical (unpaired) electrons. The fourth-order valence-corrected chi connectivity index (χ4v) is 3.75. The van der Waals surface area contributed by atoms with Crippen molar-refractivity contribution in [2.24, 2.45) is 0 Å². The molecule has 0 aliphatic carbocycles. The monoisotopic (exact) mass is 462 g/mol. The van der Waals surface area contributed by atoms with E-state index in [1.165, 1.54) is 0 Å². The first kappa shape index (κ1) is 22.3. The lowest BCUT2D eigenvalue weighted by Crippen LogP contribution is -2.28. The number of carbonyl (C=O) groups excluding carboxylic acids is 2. The number of rotatable bonds is 8. The van der Waals surface area contributed by atoms with Gasteiger partial charge in [-0.2, -0.15) is 0 Å². The van der Waals surface area contributed by atoms with Crippen molar-refractivity contribution >= 4 is 29.3 Å². The molecule has 2 aromatic carbocycles. The molecule has 2 N–H and O–H groups in total. The van der Waals surface area contributed by atoms with E-state index < -0.39 is 0 Å². The maximum atomic E-state index is 12.8. The first-order valence-corrected chi connectivity index (χ1v) is 11.3. The molecule has 1 atom stereocenters. The molecule has 0 fully saturated rings. The fourth-order valence-electron chi connectivity index (χ4n) is 3.19. The van der Waals surface area contributed by atoms with Crippen molar-refractivity contribution < 1.29 is 18.4 Å². The van der Waals surface area contributed by atoms with Crippen LogP contribution in [0.25, 0.3) is 11.5 Å². The average Bonchev–Trinajstić information content (AvgIpc) is 3.47. The van der Waals surface area contributed by atoms with Crippen LogP contribution in [0, 0.1) is 6.92 Å². The Morgan fingerprint density at radius 3 is 2.55 bits per heavy atom. The Morgan fingerprint density at radius 1 is 1.03 bits per heavy atom. The Morgan fingerprint density at radius 2 is 1.79 bits per heavy atom. The average molecular weight is 463 g/mol. The minimum absolute atomic E-state index is 0.0440. The van der Waals surface area contributed by atoms with Crippen LogP contribution >= 0.6 is 11.8 Å². The molecule has 0 aliphatic heterocycles. The molecule has 2 heterocycles. The second-order valence-electron chi connectivity index (χ2n) is 7.25. The number of hydrogen-bond donors (Lipinski definition) is 2. The Hall–Kier alpha value is -3.85. The summed E-state index contributed by atoms with van der Waals surface area (Å²) in [7, 11) is 0. The summed E-state index contributed by atoms with van der Waals surface area (Å²) in [5.74, 6) is 0.480. The highest BCUT2D eigenvalue weighted by atomic mass is 32.2. The number of anilines is 1. The number of nitrogens with zero attached hydrogens (tertiary/aromatic N) is 2. The van der Waals surface area contributed by atoms with Gasteiger partial charge in [-0.15, -0.1) is 10.2 Å². The normalized spacial score (nSPS) is 11.7. The van der Waals surface area contributed by atoms with Crippen molar-refractivity contribution in [1.82, 2.24) is 15.5 Å². The number of para-hydroxylation sites is 1. The number of nitrogens with one attached hydrogen (secondary N) is 2. The number of carbonyl (C=O) groups is 2. The Kier molecular flexibility index (Phi) is 6.89. The third kappa shape index (κ3) is 5.50. The lowest BCUT2D eigenvalue weighted by Gasteiger charge is -2.16. The van der Waals surface area contributed by atoms with Crippen molar-refractivity contribution in [2.45, 2.75) is 25.1 Å². The zero-order chi connectivity index (χ0) is 23.2. The molecule has 0 unspecified atom stereocenters. The van der Waals surface area contributed by atoms with Gasteiger partial charge < -0.3 is 19.5 Å². The van der Waals surface area contributed by atoms with Gasteiger partial charge in [0.2, 0.25) is 5.91 Å². The Labute approximate surface area is 194 Å². The van der Waals surface area contributed by atoms with Crippen molar-refractivity contribution in [3.05, 3.63) is 83.8 Å². The van der Waals surface area contributed by atoms with Crippen LogP contribution in [-0.2, 0) is 4.79 Å². The molecule has 0 saturated carbocycles. The zero-order valence-electron chi connectivity index (χ0n) is 18.1. The van der Waals surface area contributed by atoms with Crippen LogP contribution < -0.4 is 10.6 Å². The first-order chi connectivity index (χ1) is 16.0. The maximum Gasteiger partial charge on any atom is 0.277 e. The SMILES string of the molecule is Cc1occc1-c1nnc(SCC(=O)Nc2ccccc2C(=O)N[C@@H](C)c2ccccc2)o1. The topological polar surface area (TPSA) is 110 Å². The van der Waals surface area contributed by atoms with E-state index in [0.717, 1.165) is 17.3 Å². The lowest BCUT2D eigenvalue weighted by molar-refractivity contribution is -0.113. The number of thioether (sulfide) groups is 1. The van der Waals surface area contributed by atoms with Crippen LogP contribution in [0.5, 0.6) is 0 Å². The highest BCUT2D eigenvalue weighted by Gasteiger charge is 2.17. The van der Waals surface area contributed by atoms with Crippen molar-refractivity contribution in [3.63, 3.8) is 0 Å². The Balaban J connectivity index is 1.36. The van der Waals surface area contributed by atoms with Crippen LogP contribution in [-0.4, -0.2) is 27.8 Å². The first-order valence-electron chi connectivity index (χ1n) is 10.3. The number of hydrogen-bond acceptors (Lipinski definition) is 7. The molecule has 168 valence electrons. The predicted octanol–water partition coefficient (Wildman–Crippen LogP) is 4.86. The number of furan rings is 1. The van der Waals surface area contributed by atoms with Gasteiger partial charge in [-0.05, 0) is 37.6 Å². The number of amides is 2. The third-order valence-electron chi connectivity index (χ3n) is 4.92. The summed E-state index contributed by atoms with van der Waals surface area (Å²) >= 11 is 1.11. The van der Waals surface area contributed by atoms with Gasteiger partial charge in [0.25, 0.3) is 17.0 Å². The number of benzene rings is 2. The van der Waals surface area contributed by atoms with Crippen LogP contribution in [0.1, 0.15) is 34.6 Å². The van der Waals surface area contributed by atoms with Gasteiger partial charge in [-0.25, -0.2) is 0 Å². The van der Waals surface area contributed by atoms with Gasteiger partial charge in [0.15, 0.2) is 0 Å². The zero-order valence-corrected chi connectivity index (χ0v) is 18.9. The highest BCUT2D eigenvalue weighted by Crippen LogP contribution is 2.26. The van der Waals surface area contributed by atoms with Crippen LogP contribution in [0.15, 0.2) is 81.0 Å². The van der Waals surface area contributed by atoms with E-state index in [1.54, 1.807) is 43.5 Å². The predicted molar refractivity (Wildman–Crippen MR) is 125 cm³/mol. The third-order valence-corrected chi connectivity index (χ3v) is 5.73. The van der Waals surface area contributed by atoms with Crippen molar-refractivity contribution in [2.75, 3.05) is 11.1 Å². The van der Waals surface area contributed by atoms with Crippen LogP contribution in [0.3, 0.4) is 0 Å². The standard InChI is InChI=1S/C24H22N4O4S/c1-15(17-8-4-3-5-9-17)25-22(30)19-10-6-7-11-20(19)26-21(29)14-33-24-28-27-23(32-24)18-12-13-31-16(18)2/h3-13,15H,14H2,1-2H3,(H,25,30)(H,26,29)/t15-/m0/s1. The molecule has 33 heavy (non-hydrogen) atoms. The quantitative estimate of drug-likeness (QED) is 0.360. The molecule has 4 rings (SSSR count). The van der Waals surface area contributed by atoms with Gasteiger partial charge >= 0.3 is 0 Å². The molecule has 0 aliphatic rings. The minimum Gasteiger partial charge on any atom is -0.469 e. The molecule has 4 aromatic rings. The molecule has 2 amide bonds. The van der Waals surface area contributed by atoms with Crippen molar-refractivity contribution in [1.29, 1.82) is 0 Å². The van der Waals surface area contributed by atoms with Crippen molar-refractivity contribution in [3.8, 4) is 11.5 Å². The fraction of sp³-hybridized carbons (Fsp3) is 0.167. The summed E-state index contributed by atoms with van der Waals surface area (Å²) in [6.45, 7) is 3.71. The second kappa shape index (κ2) is 10.2. The second-order valence-corrected chi connectivity index (χ2v) is 8.18. The van der Waals surface area contributed by atoms with E-state index in [2.05, 4.69) is 20.8 Å². The van der Waals surface area contributed by atoms with E-state index in [0.29, 0.717) is 28.5 Å².